The van der Waals surface area contributed by atoms with Crippen LogP contribution in [-0.4, -0.2) is 65.0 Å². The zero-order chi connectivity index (χ0) is 19.6. The van der Waals surface area contributed by atoms with E-state index in [-0.39, 0.29) is 35.5 Å². The van der Waals surface area contributed by atoms with E-state index in [2.05, 4.69) is 15.0 Å². The first kappa shape index (κ1) is 24.7. The van der Waals surface area contributed by atoms with Crippen molar-refractivity contribution in [3.05, 3.63) is 23.8 Å². The molecule has 0 aliphatic heterocycles. The van der Waals surface area contributed by atoms with Crippen LogP contribution in [0.25, 0.3) is 0 Å². The topological polar surface area (TPSA) is 55.3 Å². The van der Waals surface area contributed by atoms with Crippen molar-refractivity contribution in [3.8, 4) is 11.5 Å². The van der Waals surface area contributed by atoms with Crippen LogP contribution in [0.2, 0.25) is 0 Å². The van der Waals surface area contributed by atoms with Crippen LogP contribution >= 0.6 is 24.0 Å². The van der Waals surface area contributed by atoms with E-state index in [1.54, 1.807) is 19.2 Å². The molecule has 0 saturated heterocycles. The number of alkyl halides is 2. The lowest BCUT2D eigenvalue weighted by Gasteiger charge is -2.22. The van der Waals surface area contributed by atoms with Crippen molar-refractivity contribution in [3.63, 3.8) is 0 Å². The molecule has 1 aliphatic rings. The molecule has 1 fully saturated rings. The molecule has 0 radical (unpaired) electrons. The standard InChI is InChI=1S/C19H29F2N3O3.HI/c1-22-19(24(2)10-11-26-13-15-4-5-15)23-9-8-14-6-7-16(25-3)17(12-14)27-18(20)21;/h6-7,12,15,18H,4-5,8-11,13H2,1-3H3,(H,22,23);1H. The lowest BCUT2D eigenvalue weighted by molar-refractivity contribution is -0.0512. The highest BCUT2D eigenvalue weighted by atomic mass is 127. The second-order valence-corrected chi connectivity index (χ2v) is 6.53. The van der Waals surface area contributed by atoms with Crippen LogP contribution in [0.5, 0.6) is 11.5 Å². The summed E-state index contributed by atoms with van der Waals surface area (Å²) in [4.78, 5) is 6.27. The van der Waals surface area contributed by atoms with Gasteiger partial charge in [-0.2, -0.15) is 8.78 Å². The summed E-state index contributed by atoms with van der Waals surface area (Å²) in [5.74, 6) is 1.85. The van der Waals surface area contributed by atoms with Crippen molar-refractivity contribution in [2.75, 3.05) is 47.5 Å². The molecule has 28 heavy (non-hydrogen) atoms. The van der Waals surface area contributed by atoms with E-state index in [9.17, 15) is 8.78 Å². The molecular formula is C19H30F2IN3O3. The largest absolute Gasteiger partial charge is 0.493 e. The van der Waals surface area contributed by atoms with Gasteiger partial charge in [0.05, 0.1) is 13.7 Å². The van der Waals surface area contributed by atoms with Crippen molar-refractivity contribution in [1.82, 2.24) is 10.2 Å². The summed E-state index contributed by atoms with van der Waals surface area (Å²) >= 11 is 0. The summed E-state index contributed by atoms with van der Waals surface area (Å²) in [6, 6.07) is 5.03. The number of ether oxygens (including phenoxy) is 3. The maximum absolute atomic E-state index is 12.5. The molecule has 1 saturated carbocycles. The van der Waals surface area contributed by atoms with Crippen LogP contribution in [0, 0.1) is 5.92 Å². The number of methoxy groups -OCH3 is 1. The van der Waals surface area contributed by atoms with Crippen molar-refractivity contribution in [2.45, 2.75) is 25.9 Å². The lowest BCUT2D eigenvalue weighted by Crippen LogP contribution is -2.41. The third-order valence-corrected chi connectivity index (χ3v) is 4.34. The Kier molecular flexibility index (Phi) is 11.4. The molecule has 0 aromatic heterocycles. The third kappa shape index (κ3) is 8.76. The van der Waals surface area contributed by atoms with Crippen molar-refractivity contribution in [2.24, 2.45) is 10.9 Å². The number of guanidine groups is 1. The van der Waals surface area contributed by atoms with Gasteiger partial charge in [-0.05, 0) is 42.9 Å². The quantitative estimate of drug-likeness (QED) is 0.213. The molecule has 0 bridgehead atoms. The van der Waals surface area contributed by atoms with Gasteiger partial charge in [-0.25, -0.2) is 0 Å². The van der Waals surface area contributed by atoms with Gasteiger partial charge in [0.1, 0.15) is 0 Å². The molecule has 1 aromatic rings. The Hall–Kier alpha value is -1.36. The first-order valence-corrected chi connectivity index (χ1v) is 9.14. The molecule has 6 nitrogen and oxygen atoms in total. The SMILES string of the molecule is CN=C(NCCc1ccc(OC)c(OC(F)F)c1)N(C)CCOCC1CC1.I. The number of benzene rings is 1. The number of hydrogen-bond donors (Lipinski definition) is 1. The molecule has 2 rings (SSSR count). The molecule has 0 amide bonds. The average molecular weight is 513 g/mol. The predicted molar refractivity (Wildman–Crippen MR) is 116 cm³/mol. The van der Waals surface area contributed by atoms with Gasteiger partial charge in [0, 0.05) is 33.8 Å². The maximum atomic E-state index is 12.5. The number of nitrogens with one attached hydrogen (secondary N) is 1. The minimum atomic E-state index is -2.89. The Morgan fingerprint density at radius 1 is 1.32 bits per heavy atom. The van der Waals surface area contributed by atoms with Crippen molar-refractivity contribution < 1.29 is 23.0 Å². The molecule has 1 aromatic carbocycles. The van der Waals surface area contributed by atoms with Gasteiger partial charge in [-0.1, -0.05) is 6.07 Å². The van der Waals surface area contributed by atoms with E-state index in [0.29, 0.717) is 19.6 Å². The van der Waals surface area contributed by atoms with Crippen LogP contribution in [0.3, 0.4) is 0 Å². The minimum Gasteiger partial charge on any atom is -0.493 e. The lowest BCUT2D eigenvalue weighted by atomic mass is 10.1. The van der Waals surface area contributed by atoms with Gasteiger partial charge in [0.15, 0.2) is 17.5 Å². The van der Waals surface area contributed by atoms with E-state index in [0.717, 1.165) is 30.6 Å². The third-order valence-electron chi connectivity index (χ3n) is 4.34. The van der Waals surface area contributed by atoms with Gasteiger partial charge in [0.25, 0.3) is 0 Å². The first-order valence-electron chi connectivity index (χ1n) is 9.14. The zero-order valence-corrected chi connectivity index (χ0v) is 19.0. The first-order chi connectivity index (χ1) is 13.0. The van der Waals surface area contributed by atoms with Crippen molar-refractivity contribution >= 4 is 29.9 Å². The number of hydrogen-bond acceptors (Lipinski definition) is 4. The molecule has 9 heteroatoms. The van der Waals surface area contributed by atoms with Gasteiger partial charge in [0.2, 0.25) is 0 Å². The Bertz CT molecular complexity index is 616. The highest BCUT2D eigenvalue weighted by Crippen LogP contribution is 2.29. The fourth-order valence-corrected chi connectivity index (χ4v) is 2.61. The number of aliphatic imine (C=N–C) groups is 1. The highest BCUT2D eigenvalue weighted by Gasteiger charge is 2.21. The van der Waals surface area contributed by atoms with Crippen LogP contribution in [0.1, 0.15) is 18.4 Å². The molecule has 160 valence electrons. The van der Waals surface area contributed by atoms with E-state index >= 15 is 0 Å². The fourth-order valence-electron chi connectivity index (χ4n) is 2.61. The molecular weight excluding hydrogens is 483 g/mol. The summed E-state index contributed by atoms with van der Waals surface area (Å²) in [5, 5.41) is 3.27. The van der Waals surface area contributed by atoms with E-state index in [1.807, 2.05) is 18.0 Å². The number of rotatable bonds is 11. The van der Waals surface area contributed by atoms with Gasteiger partial charge in [-0.3, -0.25) is 4.99 Å². The van der Waals surface area contributed by atoms with Gasteiger partial charge >= 0.3 is 6.61 Å². The number of halogens is 3. The second-order valence-electron chi connectivity index (χ2n) is 6.53. The molecule has 0 unspecified atom stereocenters. The van der Waals surface area contributed by atoms with Crippen LogP contribution in [0.15, 0.2) is 23.2 Å². The Balaban J connectivity index is 0.00000392. The second kappa shape index (κ2) is 13.0. The normalized spacial score (nSPS) is 13.9. The average Bonchev–Trinajstić information content (AvgIpc) is 3.46. The molecule has 0 atom stereocenters. The highest BCUT2D eigenvalue weighted by molar-refractivity contribution is 14.0. The summed E-state index contributed by atoms with van der Waals surface area (Å²) < 4.78 is 40.2. The minimum absolute atomic E-state index is 0. The molecule has 1 N–H and O–H groups in total. The Labute approximate surface area is 182 Å². The molecule has 1 aliphatic carbocycles. The van der Waals surface area contributed by atoms with E-state index < -0.39 is 6.61 Å². The number of nitrogens with zero attached hydrogens (tertiary/aromatic N) is 2. The van der Waals surface area contributed by atoms with Crippen LogP contribution in [-0.2, 0) is 11.2 Å². The Morgan fingerprint density at radius 2 is 2.07 bits per heavy atom. The molecule has 0 heterocycles. The van der Waals surface area contributed by atoms with Crippen molar-refractivity contribution in [1.29, 1.82) is 0 Å². The summed E-state index contributed by atoms with van der Waals surface area (Å²) in [6.07, 6.45) is 3.21. The van der Waals surface area contributed by atoms with Crippen LogP contribution < -0.4 is 14.8 Å². The Morgan fingerprint density at radius 3 is 2.68 bits per heavy atom. The van der Waals surface area contributed by atoms with Gasteiger partial charge < -0.3 is 24.4 Å². The maximum Gasteiger partial charge on any atom is 0.387 e. The smallest absolute Gasteiger partial charge is 0.387 e. The molecule has 0 spiro atoms. The fraction of sp³-hybridized carbons (Fsp3) is 0.632. The zero-order valence-electron chi connectivity index (χ0n) is 16.6. The van der Waals surface area contributed by atoms with E-state index in [1.165, 1.54) is 20.0 Å². The van der Waals surface area contributed by atoms with Crippen LogP contribution in [0.4, 0.5) is 8.78 Å². The number of likely N-dealkylation sites (N-methyl/N-ethyl adjacent to an activating group) is 1. The van der Waals surface area contributed by atoms with E-state index in [4.69, 9.17) is 9.47 Å². The summed E-state index contributed by atoms with van der Waals surface area (Å²) in [5.41, 5.74) is 0.866. The summed E-state index contributed by atoms with van der Waals surface area (Å²) in [6.45, 7) is -0.00960. The van der Waals surface area contributed by atoms with Gasteiger partial charge in [-0.15, -0.1) is 24.0 Å². The summed E-state index contributed by atoms with van der Waals surface area (Å²) in [7, 11) is 5.10. The predicted octanol–water partition coefficient (Wildman–Crippen LogP) is 3.39. The monoisotopic (exact) mass is 513 g/mol.